The van der Waals surface area contributed by atoms with Crippen LogP contribution in [0.25, 0.3) is 0 Å². The maximum Gasteiger partial charge on any atom is 0.407 e. The van der Waals surface area contributed by atoms with Gasteiger partial charge in [-0.1, -0.05) is 50.0 Å². The molecule has 6 nitrogen and oxygen atoms in total. The van der Waals surface area contributed by atoms with Gasteiger partial charge in [0.2, 0.25) is 0 Å². The smallest absolute Gasteiger partial charge is 0.407 e. The van der Waals surface area contributed by atoms with E-state index < -0.39 is 6.09 Å². The summed E-state index contributed by atoms with van der Waals surface area (Å²) in [4.78, 5) is 29.0. The SMILES string of the molecule is CC(C)(C)C1[C@@H](N(C(=O)c2cccc(Cl)c2Cl)C2CCOCC2)CCN1C(=O)O. The van der Waals surface area contributed by atoms with Gasteiger partial charge in [-0.2, -0.15) is 0 Å². The summed E-state index contributed by atoms with van der Waals surface area (Å²) >= 11 is 12.5. The molecule has 1 aromatic rings. The molecular weight excluding hydrogens is 415 g/mol. The van der Waals surface area contributed by atoms with Gasteiger partial charge in [0.1, 0.15) is 0 Å². The Morgan fingerprint density at radius 2 is 1.83 bits per heavy atom. The summed E-state index contributed by atoms with van der Waals surface area (Å²) in [6, 6.07) is 4.46. The van der Waals surface area contributed by atoms with E-state index in [0.717, 1.165) is 0 Å². The number of rotatable bonds is 3. The van der Waals surface area contributed by atoms with Crippen molar-refractivity contribution in [1.82, 2.24) is 9.80 Å². The molecular formula is C21H28Cl2N2O4. The summed E-state index contributed by atoms with van der Waals surface area (Å²) < 4.78 is 5.50. The highest BCUT2D eigenvalue weighted by Gasteiger charge is 2.49. The first-order valence-electron chi connectivity index (χ1n) is 9.97. The highest BCUT2D eigenvalue weighted by atomic mass is 35.5. The summed E-state index contributed by atoms with van der Waals surface area (Å²) in [5.41, 5.74) is 0.0218. The third-order valence-electron chi connectivity index (χ3n) is 5.86. The molecule has 0 aromatic heterocycles. The van der Waals surface area contributed by atoms with E-state index in [1.807, 2.05) is 25.7 Å². The number of halogens is 2. The number of amides is 2. The lowest BCUT2D eigenvalue weighted by atomic mass is 9.81. The van der Waals surface area contributed by atoms with Crippen LogP contribution in [-0.2, 0) is 4.74 Å². The van der Waals surface area contributed by atoms with E-state index in [1.54, 1.807) is 18.2 Å². The number of hydrogen-bond acceptors (Lipinski definition) is 3. The van der Waals surface area contributed by atoms with Crippen LogP contribution in [0.4, 0.5) is 4.79 Å². The molecule has 29 heavy (non-hydrogen) atoms. The van der Waals surface area contributed by atoms with E-state index >= 15 is 0 Å². The van der Waals surface area contributed by atoms with Crippen molar-refractivity contribution in [2.45, 2.75) is 58.2 Å². The van der Waals surface area contributed by atoms with Crippen molar-refractivity contribution >= 4 is 35.2 Å². The van der Waals surface area contributed by atoms with Crippen molar-refractivity contribution in [1.29, 1.82) is 0 Å². The molecule has 2 atom stereocenters. The molecule has 1 N–H and O–H groups in total. The highest BCUT2D eigenvalue weighted by Crippen LogP contribution is 2.39. The molecule has 2 heterocycles. The molecule has 2 aliphatic heterocycles. The first-order valence-corrected chi connectivity index (χ1v) is 10.7. The van der Waals surface area contributed by atoms with Gasteiger partial charge >= 0.3 is 6.09 Å². The van der Waals surface area contributed by atoms with Gasteiger partial charge in [0.25, 0.3) is 5.91 Å². The van der Waals surface area contributed by atoms with Gasteiger partial charge in [-0.3, -0.25) is 4.79 Å². The molecule has 2 amide bonds. The average Bonchev–Trinajstić information content (AvgIpc) is 3.10. The van der Waals surface area contributed by atoms with Crippen LogP contribution >= 0.6 is 23.2 Å². The van der Waals surface area contributed by atoms with Gasteiger partial charge in [-0.25, -0.2) is 4.79 Å². The number of likely N-dealkylation sites (tertiary alicyclic amines) is 1. The maximum atomic E-state index is 13.7. The zero-order valence-electron chi connectivity index (χ0n) is 17.0. The second-order valence-electron chi connectivity index (χ2n) is 8.80. The van der Waals surface area contributed by atoms with Crippen molar-refractivity contribution < 1.29 is 19.4 Å². The molecule has 0 radical (unpaired) electrons. The van der Waals surface area contributed by atoms with Crippen LogP contribution in [0.1, 0.15) is 50.4 Å². The summed E-state index contributed by atoms with van der Waals surface area (Å²) in [7, 11) is 0. The molecule has 2 fully saturated rings. The van der Waals surface area contributed by atoms with Gasteiger partial charge in [-0.05, 0) is 36.8 Å². The Bertz CT molecular complexity index is 774. The molecule has 2 aliphatic rings. The van der Waals surface area contributed by atoms with Crippen LogP contribution < -0.4 is 0 Å². The molecule has 0 saturated carbocycles. The summed E-state index contributed by atoms with van der Waals surface area (Å²) in [6.07, 6.45) is 1.07. The third kappa shape index (κ3) is 4.49. The van der Waals surface area contributed by atoms with Crippen molar-refractivity contribution in [3.8, 4) is 0 Å². The van der Waals surface area contributed by atoms with E-state index in [0.29, 0.717) is 49.6 Å². The van der Waals surface area contributed by atoms with Gasteiger partial charge in [0, 0.05) is 25.8 Å². The fourth-order valence-electron chi connectivity index (χ4n) is 4.69. The van der Waals surface area contributed by atoms with Gasteiger partial charge in [-0.15, -0.1) is 0 Å². The van der Waals surface area contributed by atoms with Crippen molar-refractivity contribution in [3.05, 3.63) is 33.8 Å². The van der Waals surface area contributed by atoms with Crippen LogP contribution in [0.5, 0.6) is 0 Å². The fraction of sp³-hybridized carbons (Fsp3) is 0.619. The number of hydrogen-bond donors (Lipinski definition) is 1. The Hall–Kier alpha value is -1.50. The van der Waals surface area contributed by atoms with Gasteiger partial charge in [0.05, 0.1) is 27.7 Å². The molecule has 1 unspecified atom stereocenters. The normalized spacial score (nSPS) is 23.3. The second kappa shape index (κ2) is 8.70. The quantitative estimate of drug-likeness (QED) is 0.730. The molecule has 0 aliphatic carbocycles. The second-order valence-corrected chi connectivity index (χ2v) is 9.59. The number of ether oxygens (including phenoxy) is 1. The first-order chi connectivity index (χ1) is 13.6. The topological polar surface area (TPSA) is 70.1 Å². The summed E-state index contributed by atoms with van der Waals surface area (Å²) in [5.74, 6) is -0.198. The van der Waals surface area contributed by atoms with E-state index in [-0.39, 0.29) is 34.5 Å². The van der Waals surface area contributed by atoms with Gasteiger partial charge in [0.15, 0.2) is 0 Å². The number of nitrogens with zero attached hydrogens (tertiary/aromatic N) is 2. The standard InChI is InChI=1S/C21H28Cl2N2O4/c1-21(2,3)18-16(7-10-24(18)20(27)28)25(13-8-11-29-12-9-13)19(26)14-5-4-6-15(22)17(14)23/h4-6,13,16,18H,7-12H2,1-3H3,(H,27,28)/t16-,18?/m0/s1. The minimum Gasteiger partial charge on any atom is -0.465 e. The lowest BCUT2D eigenvalue weighted by Gasteiger charge is -2.45. The third-order valence-corrected chi connectivity index (χ3v) is 6.68. The zero-order valence-corrected chi connectivity index (χ0v) is 18.5. The maximum absolute atomic E-state index is 13.7. The molecule has 160 valence electrons. The fourth-order valence-corrected chi connectivity index (χ4v) is 5.07. The molecule has 8 heteroatoms. The van der Waals surface area contributed by atoms with Crippen LogP contribution in [0.2, 0.25) is 10.0 Å². The number of carbonyl (C=O) groups is 2. The van der Waals surface area contributed by atoms with Crippen LogP contribution in [-0.4, -0.2) is 64.8 Å². The van der Waals surface area contributed by atoms with E-state index in [4.69, 9.17) is 27.9 Å². The molecule has 0 bridgehead atoms. The first kappa shape index (κ1) is 22.2. The van der Waals surface area contributed by atoms with Crippen LogP contribution in [0.3, 0.4) is 0 Å². The average molecular weight is 443 g/mol. The minimum absolute atomic E-state index is 0.0325. The Balaban J connectivity index is 2.04. The van der Waals surface area contributed by atoms with E-state index in [1.165, 1.54) is 4.90 Å². The minimum atomic E-state index is -0.951. The Morgan fingerprint density at radius 1 is 1.17 bits per heavy atom. The van der Waals surface area contributed by atoms with Crippen molar-refractivity contribution in [3.63, 3.8) is 0 Å². The predicted octanol–water partition coefficient (Wildman–Crippen LogP) is 4.78. The summed E-state index contributed by atoms with van der Waals surface area (Å²) in [5, 5.41) is 10.3. The van der Waals surface area contributed by atoms with Crippen LogP contribution in [0, 0.1) is 5.41 Å². The van der Waals surface area contributed by atoms with E-state index in [2.05, 4.69) is 0 Å². The predicted molar refractivity (Wildman–Crippen MR) is 113 cm³/mol. The molecule has 1 aromatic carbocycles. The molecule has 0 spiro atoms. The van der Waals surface area contributed by atoms with Crippen molar-refractivity contribution in [2.75, 3.05) is 19.8 Å². The molecule has 2 saturated heterocycles. The lowest BCUT2D eigenvalue weighted by Crippen LogP contribution is -2.58. The van der Waals surface area contributed by atoms with Crippen LogP contribution in [0.15, 0.2) is 18.2 Å². The number of benzene rings is 1. The number of carbonyl (C=O) groups excluding carboxylic acids is 1. The van der Waals surface area contributed by atoms with Gasteiger partial charge < -0.3 is 19.6 Å². The Kier molecular flexibility index (Phi) is 6.66. The zero-order chi connectivity index (χ0) is 21.3. The molecule has 3 rings (SSSR count). The Morgan fingerprint density at radius 3 is 2.41 bits per heavy atom. The Labute approximate surface area is 181 Å². The number of carboxylic acid groups (broad SMARTS) is 1. The lowest BCUT2D eigenvalue weighted by molar-refractivity contribution is 0.000111. The van der Waals surface area contributed by atoms with Crippen molar-refractivity contribution in [2.24, 2.45) is 5.41 Å². The van der Waals surface area contributed by atoms with E-state index in [9.17, 15) is 14.7 Å². The summed E-state index contributed by atoms with van der Waals surface area (Å²) in [6.45, 7) is 7.61. The largest absolute Gasteiger partial charge is 0.465 e. The highest BCUT2D eigenvalue weighted by molar-refractivity contribution is 6.43. The monoisotopic (exact) mass is 442 g/mol.